The Hall–Kier alpha value is -4.63. The van der Waals surface area contributed by atoms with Crippen molar-refractivity contribution in [2.75, 3.05) is 47.5 Å². The van der Waals surface area contributed by atoms with Crippen LogP contribution in [0.5, 0.6) is 0 Å². The first-order valence-electron chi connectivity index (χ1n) is 32.9. The number of carbonyl (C=O) groups is 2. The zero-order valence-electron chi connectivity index (χ0n) is 53.8. The molecule has 0 fully saturated rings. The molecule has 10 heteroatoms. The molecule has 0 amide bonds. The fraction of sp³-hybridized carbons (Fsp3) is 0.595. The molecule has 84 heavy (non-hydrogen) atoms. The number of ether oxygens (including phenoxy) is 2. The predicted molar refractivity (Wildman–Crippen MR) is 362 cm³/mol. The van der Waals surface area contributed by atoms with Gasteiger partial charge >= 0.3 is 19.8 Å². The number of quaternary nitrogens is 1. The summed E-state index contributed by atoms with van der Waals surface area (Å²) in [5, 5.41) is 0. The van der Waals surface area contributed by atoms with E-state index in [-0.39, 0.29) is 26.1 Å². The van der Waals surface area contributed by atoms with Gasteiger partial charge in [-0.15, -0.1) is 0 Å². The van der Waals surface area contributed by atoms with Gasteiger partial charge in [-0.25, -0.2) is 4.57 Å². The molecule has 2 unspecified atom stereocenters. The summed E-state index contributed by atoms with van der Waals surface area (Å²) in [6, 6.07) is 0. The predicted octanol–water partition coefficient (Wildman–Crippen LogP) is 21.4. The van der Waals surface area contributed by atoms with E-state index in [4.69, 9.17) is 18.5 Å². The summed E-state index contributed by atoms with van der Waals surface area (Å²) < 4.78 is 34.6. The second-order valence-corrected chi connectivity index (χ2v) is 23.9. The van der Waals surface area contributed by atoms with Gasteiger partial charge in [-0.3, -0.25) is 18.6 Å². The number of carbonyl (C=O) groups excluding carboxylic acids is 2. The van der Waals surface area contributed by atoms with Gasteiger partial charge in [0.05, 0.1) is 27.7 Å². The zero-order valence-corrected chi connectivity index (χ0v) is 54.7. The molecule has 0 aromatic heterocycles. The number of allylic oxidation sites excluding steroid dienone is 28. The van der Waals surface area contributed by atoms with Crippen LogP contribution in [-0.4, -0.2) is 74.9 Å². The van der Waals surface area contributed by atoms with Crippen molar-refractivity contribution in [3.8, 4) is 0 Å². The first kappa shape index (κ1) is 79.4. The summed E-state index contributed by atoms with van der Waals surface area (Å²) in [4.78, 5) is 35.8. The zero-order chi connectivity index (χ0) is 61.2. The summed E-state index contributed by atoms with van der Waals surface area (Å²) in [7, 11) is 1.42. The van der Waals surface area contributed by atoms with Crippen molar-refractivity contribution < 1.29 is 42.1 Å². The van der Waals surface area contributed by atoms with Crippen molar-refractivity contribution in [3.63, 3.8) is 0 Å². The van der Waals surface area contributed by atoms with E-state index in [1.807, 2.05) is 21.1 Å². The van der Waals surface area contributed by atoms with Gasteiger partial charge in [0.25, 0.3) is 0 Å². The Bertz CT molecular complexity index is 2020. The van der Waals surface area contributed by atoms with Crippen LogP contribution >= 0.6 is 7.82 Å². The highest BCUT2D eigenvalue weighted by atomic mass is 31.2. The first-order valence-corrected chi connectivity index (χ1v) is 34.4. The molecule has 2 atom stereocenters. The molecule has 474 valence electrons. The Labute approximate surface area is 515 Å². The second-order valence-electron chi connectivity index (χ2n) is 22.4. The molecule has 0 spiro atoms. The molecule has 0 aliphatic carbocycles. The fourth-order valence-corrected chi connectivity index (χ4v) is 8.94. The van der Waals surface area contributed by atoms with Gasteiger partial charge in [0.2, 0.25) is 0 Å². The third-order valence-corrected chi connectivity index (χ3v) is 14.2. The molecule has 0 aromatic rings. The van der Waals surface area contributed by atoms with Crippen LogP contribution in [0.1, 0.15) is 232 Å². The lowest BCUT2D eigenvalue weighted by Crippen LogP contribution is -2.37. The van der Waals surface area contributed by atoms with E-state index in [0.29, 0.717) is 17.4 Å². The molecule has 0 aromatic carbocycles. The van der Waals surface area contributed by atoms with Crippen LogP contribution in [0.2, 0.25) is 0 Å². The van der Waals surface area contributed by atoms with E-state index >= 15 is 0 Å². The molecule has 0 aliphatic heterocycles. The standard InChI is InChI=1S/C74H120NO8P/c1-6-8-10-12-14-16-18-20-22-24-26-28-30-31-32-33-34-35-36-37-38-39-40-41-42-43-45-47-49-51-53-55-57-59-61-63-65-67-74(77)83-72(71-82-84(78,79)81-69-68-75(3,4)5)70-80-73(76)66-64-62-60-58-56-54-52-50-48-46-44-29-27-25-23-21-19-17-15-13-11-9-7-2/h8,10,14,16,19-22,25-28,31-32,34-35,37-38,40-41,43-46,49,51,55,57,72H,6-7,9,11-13,15,17-18,23-24,29-30,33,36,39,42,47-48,50,52-54,56,58-71H2,1-5H3/p+1/b10-8-,16-14-,21-19-,22-20-,27-25-,28-26-,32-31-,35-34-,38-37-,41-40-,45-43-,46-44-,51-49-,57-55-. The lowest BCUT2D eigenvalue weighted by molar-refractivity contribution is -0.870. The third-order valence-electron chi connectivity index (χ3n) is 13.2. The maximum atomic E-state index is 12.8. The van der Waals surface area contributed by atoms with Crippen molar-refractivity contribution in [1.82, 2.24) is 0 Å². The summed E-state index contributed by atoms with van der Waals surface area (Å²) in [6.45, 7) is 4.24. The number of hydrogen-bond donors (Lipinski definition) is 1. The van der Waals surface area contributed by atoms with Gasteiger partial charge in [-0.2, -0.15) is 0 Å². The van der Waals surface area contributed by atoms with Crippen molar-refractivity contribution in [3.05, 3.63) is 170 Å². The molecule has 9 nitrogen and oxygen atoms in total. The molecule has 0 saturated heterocycles. The van der Waals surface area contributed by atoms with Gasteiger partial charge in [0.1, 0.15) is 19.8 Å². The number of unbranched alkanes of at least 4 members (excludes halogenated alkanes) is 16. The fourth-order valence-electron chi connectivity index (χ4n) is 8.20. The summed E-state index contributed by atoms with van der Waals surface area (Å²) in [6.07, 6.45) is 95.8. The molecule has 1 N–H and O–H groups in total. The Balaban J connectivity index is 4.26. The van der Waals surface area contributed by atoms with Crippen LogP contribution in [0.3, 0.4) is 0 Å². The van der Waals surface area contributed by atoms with Gasteiger partial charge in [0.15, 0.2) is 6.10 Å². The number of phosphoric acid groups is 1. The quantitative estimate of drug-likeness (QED) is 0.0211. The highest BCUT2D eigenvalue weighted by Gasteiger charge is 2.27. The minimum atomic E-state index is -4.41. The Morgan fingerprint density at radius 1 is 0.381 bits per heavy atom. The van der Waals surface area contributed by atoms with Crippen LogP contribution in [-0.2, 0) is 32.7 Å². The molecule has 0 bridgehead atoms. The maximum absolute atomic E-state index is 12.8. The minimum Gasteiger partial charge on any atom is -0.462 e. The summed E-state index contributed by atoms with van der Waals surface area (Å²) in [5.41, 5.74) is 0. The molecule has 0 aliphatic rings. The molecule has 0 radical (unpaired) electrons. The number of nitrogens with zero attached hydrogens (tertiary/aromatic N) is 1. The van der Waals surface area contributed by atoms with E-state index in [1.54, 1.807) is 0 Å². The third kappa shape index (κ3) is 66.5. The minimum absolute atomic E-state index is 0.0138. The lowest BCUT2D eigenvalue weighted by Gasteiger charge is -2.24. The van der Waals surface area contributed by atoms with Crippen LogP contribution in [0.15, 0.2) is 170 Å². The maximum Gasteiger partial charge on any atom is 0.472 e. The van der Waals surface area contributed by atoms with Crippen molar-refractivity contribution in [2.45, 2.75) is 238 Å². The normalized spacial score (nSPS) is 14.3. The van der Waals surface area contributed by atoms with Crippen LogP contribution in [0.25, 0.3) is 0 Å². The van der Waals surface area contributed by atoms with E-state index in [9.17, 15) is 19.0 Å². The molecule has 0 rings (SSSR count). The summed E-state index contributed by atoms with van der Waals surface area (Å²) in [5.74, 6) is -0.856. The second kappa shape index (κ2) is 62.9. The topological polar surface area (TPSA) is 108 Å². The highest BCUT2D eigenvalue weighted by molar-refractivity contribution is 7.47. The van der Waals surface area contributed by atoms with Crippen LogP contribution in [0.4, 0.5) is 0 Å². The van der Waals surface area contributed by atoms with E-state index in [2.05, 4.69) is 184 Å². The SMILES string of the molecule is CC/C=C\C/C=C\C/C=C\C/C=C\C/C=C\C/C=C\C/C=C\C/C=C\C/C=C\C/C=C\C/C=C\CCCCCC(=O)OC(COC(=O)CCCCCCCCCC/C=C\C/C=C\C/C=C\CCCCCCC)COP(=O)(O)OCC[N+](C)(C)C. The summed E-state index contributed by atoms with van der Waals surface area (Å²) >= 11 is 0. The molecular formula is C74H121NO8P+. The number of rotatable bonds is 58. The van der Waals surface area contributed by atoms with Gasteiger partial charge in [0, 0.05) is 12.8 Å². The number of phosphoric ester groups is 1. The van der Waals surface area contributed by atoms with Crippen molar-refractivity contribution >= 4 is 19.8 Å². The largest absolute Gasteiger partial charge is 0.472 e. The van der Waals surface area contributed by atoms with Gasteiger partial charge in [-0.1, -0.05) is 255 Å². The Kier molecular flexibility index (Phi) is 59.4. The van der Waals surface area contributed by atoms with Gasteiger partial charge in [-0.05, 0) is 135 Å². The van der Waals surface area contributed by atoms with Gasteiger partial charge < -0.3 is 18.9 Å². The molecule has 0 heterocycles. The average Bonchev–Trinajstić information content (AvgIpc) is 3.61. The monoisotopic (exact) mass is 1180 g/mol. The number of esters is 2. The van der Waals surface area contributed by atoms with E-state index in [1.165, 1.54) is 64.2 Å². The number of hydrogen-bond acceptors (Lipinski definition) is 7. The van der Waals surface area contributed by atoms with E-state index < -0.39 is 32.5 Å². The van der Waals surface area contributed by atoms with Crippen molar-refractivity contribution in [1.29, 1.82) is 0 Å². The van der Waals surface area contributed by atoms with E-state index in [0.717, 1.165) is 135 Å². The Morgan fingerprint density at radius 2 is 0.679 bits per heavy atom. The highest BCUT2D eigenvalue weighted by Crippen LogP contribution is 2.43. The van der Waals surface area contributed by atoms with Crippen molar-refractivity contribution in [2.24, 2.45) is 0 Å². The first-order chi connectivity index (χ1) is 41.0. The average molecular weight is 1180 g/mol. The van der Waals surface area contributed by atoms with Crippen LogP contribution in [0, 0.1) is 0 Å². The number of likely N-dealkylation sites (N-methyl/N-ethyl adjacent to an activating group) is 1. The lowest BCUT2D eigenvalue weighted by atomic mass is 10.1. The Morgan fingerprint density at radius 3 is 1.02 bits per heavy atom. The van der Waals surface area contributed by atoms with Crippen LogP contribution < -0.4 is 0 Å². The molecule has 0 saturated carbocycles. The smallest absolute Gasteiger partial charge is 0.462 e. The molecular weight excluding hydrogens is 1060 g/mol.